The summed E-state index contributed by atoms with van der Waals surface area (Å²) in [6, 6.07) is 5.77. The fourth-order valence-corrected chi connectivity index (χ4v) is 1.92. The molecule has 0 aliphatic rings. The van der Waals surface area contributed by atoms with Gasteiger partial charge in [0.1, 0.15) is 11.3 Å². The lowest BCUT2D eigenvalue weighted by molar-refractivity contribution is 0.412. The quantitative estimate of drug-likeness (QED) is 0.664. The zero-order valence-corrected chi connectivity index (χ0v) is 10.3. The van der Waals surface area contributed by atoms with E-state index in [1.54, 1.807) is 19.5 Å². The van der Waals surface area contributed by atoms with Crippen LogP contribution in [0.4, 0.5) is 0 Å². The van der Waals surface area contributed by atoms with Gasteiger partial charge in [0.05, 0.1) is 25.2 Å². The maximum atomic E-state index is 5.83. The summed E-state index contributed by atoms with van der Waals surface area (Å²) >= 11 is 5.83. The van der Waals surface area contributed by atoms with E-state index >= 15 is 0 Å². The molecule has 0 radical (unpaired) electrons. The van der Waals surface area contributed by atoms with Crippen molar-refractivity contribution in [1.29, 1.82) is 0 Å². The smallest absolute Gasteiger partial charge is 0.223 e. The third-order valence-electron chi connectivity index (χ3n) is 2.61. The Morgan fingerprint density at radius 1 is 1.22 bits per heavy atom. The highest BCUT2D eigenvalue weighted by Crippen LogP contribution is 2.28. The van der Waals surface area contributed by atoms with Gasteiger partial charge in [-0.3, -0.25) is 4.40 Å². The predicted octanol–water partition coefficient (Wildman–Crippen LogP) is 2.45. The average molecular weight is 261 g/mol. The number of methoxy groups -OCH3 is 1. The molecule has 0 aromatic carbocycles. The van der Waals surface area contributed by atoms with Crippen molar-refractivity contribution in [1.82, 2.24) is 19.4 Å². The fraction of sp³-hybridized carbons (Fsp3) is 0.0833. The van der Waals surface area contributed by atoms with Crippen molar-refractivity contribution in [3.63, 3.8) is 0 Å². The normalized spacial score (nSPS) is 10.8. The first-order valence-corrected chi connectivity index (χ1v) is 5.66. The number of halogens is 1. The van der Waals surface area contributed by atoms with Gasteiger partial charge in [-0.05, 0) is 23.7 Å². The van der Waals surface area contributed by atoms with Crippen molar-refractivity contribution < 1.29 is 4.74 Å². The summed E-state index contributed by atoms with van der Waals surface area (Å²) in [5.74, 6) is 0.560. The summed E-state index contributed by atoms with van der Waals surface area (Å²) in [6.07, 6.45) is 5.19. The molecular weight excluding hydrogens is 252 g/mol. The Labute approximate surface area is 108 Å². The van der Waals surface area contributed by atoms with Gasteiger partial charge in [0.2, 0.25) is 5.28 Å². The molecule has 0 saturated heterocycles. The van der Waals surface area contributed by atoms with Gasteiger partial charge in [-0.2, -0.15) is 0 Å². The van der Waals surface area contributed by atoms with E-state index in [0.717, 1.165) is 11.3 Å². The summed E-state index contributed by atoms with van der Waals surface area (Å²) in [5.41, 5.74) is 2.27. The van der Waals surface area contributed by atoms with Gasteiger partial charge in [0.25, 0.3) is 0 Å². The van der Waals surface area contributed by atoms with Crippen LogP contribution in [-0.4, -0.2) is 26.5 Å². The van der Waals surface area contributed by atoms with E-state index in [2.05, 4.69) is 15.0 Å². The molecule has 3 aromatic heterocycles. The van der Waals surface area contributed by atoms with Crippen LogP contribution in [0, 0.1) is 0 Å². The number of hydrogen-bond acceptors (Lipinski definition) is 4. The molecule has 6 heteroatoms. The van der Waals surface area contributed by atoms with Crippen LogP contribution in [0.2, 0.25) is 5.28 Å². The maximum Gasteiger partial charge on any atom is 0.223 e. The first-order valence-electron chi connectivity index (χ1n) is 5.28. The van der Waals surface area contributed by atoms with Crippen LogP contribution < -0.4 is 4.74 Å². The molecule has 0 atom stereocenters. The average Bonchev–Trinajstić information content (AvgIpc) is 2.82. The van der Waals surface area contributed by atoms with Crippen molar-refractivity contribution in [2.75, 3.05) is 7.11 Å². The molecule has 0 spiro atoms. The molecule has 5 nitrogen and oxygen atoms in total. The second-order valence-corrected chi connectivity index (χ2v) is 3.97. The minimum Gasteiger partial charge on any atom is -0.493 e. The highest BCUT2D eigenvalue weighted by molar-refractivity contribution is 6.28. The van der Waals surface area contributed by atoms with Crippen LogP contribution in [0.25, 0.3) is 17.0 Å². The standard InChI is InChI=1S/C12H9ClN4O/c1-18-9-7-15-12(13)16-11(9)8-6-14-10-4-2-3-5-17(8)10/h2-7H,1H3. The minimum absolute atomic E-state index is 0.177. The lowest BCUT2D eigenvalue weighted by Crippen LogP contribution is -1.96. The zero-order valence-electron chi connectivity index (χ0n) is 9.54. The van der Waals surface area contributed by atoms with Crippen LogP contribution in [0.1, 0.15) is 0 Å². The monoisotopic (exact) mass is 260 g/mol. The van der Waals surface area contributed by atoms with Crippen molar-refractivity contribution in [2.45, 2.75) is 0 Å². The number of nitrogens with zero attached hydrogens (tertiary/aromatic N) is 4. The second kappa shape index (κ2) is 4.27. The molecule has 18 heavy (non-hydrogen) atoms. The Bertz CT molecular complexity index is 710. The summed E-state index contributed by atoms with van der Waals surface area (Å²) in [5, 5.41) is 0.177. The molecule has 3 aromatic rings. The number of pyridine rings is 1. The summed E-state index contributed by atoms with van der Waals surface area (Å²) in [4.78, 5) is 12.4. The van der Waals surface area contributed by atoms with Gasteiger partial charge < -0.3 is 4.74 Å². The Morgan fingerprint density at radius 3 is 2.94 bits per heavy atom. The highest BCUT2D eigenvalue weighted by Gasteiger charge is 2.13. The molecule has 0 amide bonds. The third kappa shape index (κ3) is 1.69. The number of aromatic nitrogens is 4. The topological polar surface area (TPSA) is 52.3 Å². The molecule has 0 bridgehead atoms. The van der Waals surface area contributed by atoms with Crippen LogP contribution in [0.3, 0.4) is 0 Å². The molecule has 0 fully saturated rings. The highest BCUT2D eigenvalue weighted by atomic mass is 35.5. The predicted molar refractivity (Wildman–Crippen MR) is 67.8 cm³/mol. The van der Waals surface area contributed by atoms with E-state index in [1.807, 2.05) is 28.8 Å². The first kappa shape index (κ1) is 11.0. The first-order chi connectivity index (χ1) is 8.79. The molecule has 0 unspecified atom stereocenters. The van der Waals surface area contributed by atoms with Gasteiger partial charge in [-0.1, -0.05) is 6.07 Å². The van der Waals surface area contributed by atoms with Crippen LogP contribution in [0.5, 0.6) is 5.75 Å². The summed E-state index contributed by atoms with van der Waals surface area (Å²) < 4.78 is 7.17. The molecule has 90 valence electrons. The van der Waals surface area contributed by atoms with Crippen LogP contribution in [0.15, 0.2) is 36.8 Å². The molecular formula is C12H9ClN4O. The maximum absolute atomic E-state index is 5.83. The molecule has 0 aliphatic heterocycles. The van der Waals surface area contributed by atoms with Gasteiger partial charge >= 0.3 is 0 Å². The summed E-state index contributed by atoms with van der Waals surface area (Å²) in [7, 11) is 1.57. The van der Waals surface area contributed by atoms with Gasteiger partial charge in [-0.15, -0.1) is 0 Å². The minimum atomic E-state index is 0.177. The van der Waals surface area contributed by atoms with E-state index in [1.165, 1.54) is 0 Å². The lowest BCUT2D eigenvalue weighted by atomic mass is 10.3. The third-order valence-corrected chi connectivity index (χ3v) is 2.79. The number of ether oxygens (including phenoxy) is 1. The molecule has 0 saturated carbocycles. The van der Waals surface area contributed by atoms with Gasteiger partial charge in [0.15, 0.2) is 5.75 Å². The van der Waals surface area contributed by atoms with Crippen LogP contribution >= 0.6 is 11.6 Å². The fourth-order valence-electron chi connectivity index (χ4n) is 1.79. The van der Waals surface area contributed by atoms with E-state index in [-0.39, 0.29) is 5.28 Å². The molecule has 0 N–H and O–H groups in total. The van der Waals surface area contributed by atoms with Crippen molar-refractivity contribution in [3.05, 3.63) is 42.1 Å². The number of fused-ring (bicyclic) bond motifs is 1. The Morgan fingerprint density at radius 2 is 2.11 bits per heavy atom. The van der Waals surface area contributed by atoms with E-state index in [0.29, 0.717) is 11.4 Å². The SMILES string of the molecule is COc1cnc(Cl)nc1-c1cnc2ccccn12. The molecule has 3 rings (SSSR count). The van der Waals surface area contributed by atoms with E-state index in [9.17, 15) is 0 Å². The van der Waals surface area contributed by atoms with E-state index in [4.69, 9.17) is 16.3 Å². The number of rotatable bonds is 2. The van der Waals surface area contributed by atoms with Gasteiger partial charge in [0, 0.05) is 6.20 Å². The summed E-state index contributed by atoms with van der Waals surface area (Å²) in [6.45, 7) is 0. The van der Waals surface area contributed by atoms with Gasteiger partial charge in [-0.25, -0.2) is 15.0 Å². The Kier molecular flexibility index (Phi) is 2.60. The number of imidazole rings is 1. The Hall–Kier alpha value is -2.14. The van der Waals surface area contributed by atoms with E-state index < -0.39 is 0 Å². The number of hydrogen-bond donors (Lipinski definition) is 0. The van der Waals surface area contributed by atoms with Crippen molar-refractivity contribution in [2.24, 2.45) is 0 Å². The van der Waals surface area contributed by atoms with Crippen molar-refractivity contribution in [3.8, 4) is 17.1 Å². The molecule has 3 heterocycles. The Balaban J connectivity index is 2.29. The van der Waals surface area contributed by atoms with Crippen LogP contribution in [-0.2, 0) is 0 Å². The lowest BCUT2D eigenvalue weighted by Gasteiger charge is -2.06. The molecule has 0 aliphatic carbocycles. The second-order valence-electron chi connectivity index (χ2n) is 3.63. The largest absolute Gasteiger partial charge is 0.493 e. The zero-order chi connectivity index (χ0) is 12.5. The van der Waals surface area contributed by atoms with Crippen molar-refractivity contribution >= 4 is 17.2 Å².